The molecule has 1 rings (SSSR count). The third-order valence-corrected chi connectivity index (χ3v) is 2.30. The monoisotopic (exact) mass is 236 g/mol. The van der Waals surface area contributed by atoms with E-state index < -0.39 is 5.91 Å². The van der Waals surface area contributed by atoms with E-state index in [0.717, 1.165) is 11.3 Å². The minimum atomic E-state index is -0.479. The first-order valence-electron chi connectivity index (χ1n) is 5.51. The van der Waals surface area contributed by atoms with Crippen LogP contribution in [0.15, 0.2) is 6.07 Å². The standard InChI is InChI=1S/C12H20N4O/c1-7-5-8(2)16-11(9(7)10(13)17)15-6-12(3,4)14/h5H,6,14H2,1-4H3,(H2,13,17)(H,15,16). The van der Waals surface area contributed by atoms with Gasteiger partial charge in [0, 0.05) is 17.8 Å². The molecular weight excluding hydrogens is 216 g/mol. The van der Waals surface area contributed by atoms with Crippen molar-refractivity contribution < 1.29 is 4.79 Å². The van der Waals surface area contributed by atoms with Gasteiger partial charge in [0.15, 0.2) is 0 Å². The van der Waals surface area contributed by atoms with Crippen molar-refractivity contribution >= 4 is 11.7 Å². The molecule has 5 nitrogen and oxygen atoms in total. The number of aryl methyl sites for hydroxylation is 2. The van der Waals surface area contributed by atoms with Crippen LogP contribution in [-0.4, -0.2) is 23.0 Å². The molecule has 0 atom stereocenters. The number of pyridine rings is 1. The van der Waals surface area contributed by atoms with Crippen molar-refractivity contribution in [3.63, 3.8) is 0 Å². The van der Waals surface area contributed by atoms with Gasteiger partial charge in [0.25, 0.3) is 5.91 Å². The van der Waals surface area contributed by atoms with Gasteiger partial charge in [0.05, 0.1) is 5.56 Å². The van der Waals surface area contributed by atoms with Crippen LogP contribution in [0.3, 0.4) is 0 Å². The van der Waals surface area contributed by atoms with Gasteiger partial charge >= 0.3 is 0 Å². The molecule has 0 fully saturated rings. The lowest BCUT2D eigenvalue weighted by Gasteiger charge is -2.21. The fourth-order valence-corrected chi connectivity index (χ4v) is 1.59. The summed E-state index contributed by atoms with van der Waals surface area (Å²) in [4.78, 5) is 15.7. The van der Waals surface area contributed by atoms with E-state index in [1.807, 2.05) is 33.8 Å². The molecule has 1 aromatic heterocycles. The Hall–Kier alpha value is -1.62. The zero-order valence-electron chi connectivity index (χ0n) is 10.8. The number of primary amides is 1. The van der Waals surface area contributed by atoms with Gasteiger partial charge in [-0.3, -0.25) is 4.79 Å². The Bertz CT molecular complexity index is 435. The minimum Gasteiger partial charge on any atom is -0.368 e. The summed E-state index contributed by atoms with van der Waals surface area (Å²) in [6.07, 6.45) is 0. The van der Waals surface area contributed by atoms with Crippen molar-refractivity contribution in [2.24, 2.45) is 11.5 Å². The van der Waals surface area contributed by atoms with Crippen LogP contribution in [0.1, 0.15) is 35.5 Å². The molecule has 5 heteroatoms. The lowest BCUT2D eigenvalue weighted by molar-refractivity contribution is 0.1000. The van der Waals surface area contributed by atoms with Crippen LogP contribution < -0.4 is 16.8 Å². The largest absolute Gasteiger partial charge is 0.368 e. The normalized spacial score (nSPS) is 11.4. The van der Waals surface area contributed by atoms with Gasteiger partial charge in [-0.2, -0.15) is 0 Å². The number of carbonyl (C=O) groups excluding carboxylic acids is 1. The first-order valence-corrected chi connectivity index (χ1v) is 5.51. The van der Waals surface area contributed by atoms with E-state index in [1.54, 1.807) is 0 Å². The molecule has 1 heterocycles. The van der Waals surface area contributed by atoms with Crippen molar-refractivity contribution in [1.82, 2.24) is 4.98 Å². The van der Waals surface area contributed by atoms with Crippen LogP contribution in [0.25, 0.3) is 0 Å². The highest BCUT2D eigenvalue weighted by Crippen LogP contribution is 2.18. The molecule has 1 aromatic rings. The predicted molar refractivity (Wildman–Crippen MR) is 69.0 cm³/mol. The number of anilines is 1. The Morgan fingerprint density at radius 3 is 2.53 bits per heavy atom. The average Bonchev–Trinajstić information content (AvgIpc) is 2.11. The number of aromatic nitrogens is 1. The van der Waals surface area contributed by atoms with E-state index in [-0.39, 0.29) is 5.54 Å². The van der Waals surface area contributed by atoms with E-state index in [1.165, 1.54) is 0 Å². The summed E-state index contributed by atoms with van der Waals surface area (Å²) in [7, 11) is 0. The van der Waals surface area contributed by atoms with Gasteiger partial charge in [0.1, 0.15) is 5.82 Å². The molecule has 94 valence electrons. The van der Waals surface area contributed by atoms with Gasteiger partial charge in [0.2, 0.25) is 0 Å². The highest BCUT2D eigenvalue weighted by Gasteiger charge is 2.16. The van der Waals surface area contributed by atoms with Crippen LogP contribution in [-0.2, 0) is 0 Å². The molecule has 0 saturated heterocycles. The molecule has 0 aromatic carbocycles. The predicted octanol–water partition coefficient (Wildman–Crippen LogP) is 0.947. The van der Waals surface area contributed by atoms with Crippen molar-refractivity contribution in [2.45, 2.75) is 33.2 Å². The number of hydrogen-bond acceptors (Lipinski definition) is 4. The molecule has 0 aliphatic heterocycles. The molecule has 0 aliphatic carbocycles. The maximum absolute atomic E-state index is 11.4. The Balaban J connectivity index is 3.09. The zero-order chi connectivity index (χ0) is 13.2. The second-order valence-corrected chi connectivity index (χ2v) is 5.01. The molecular formula is C12H20N4O. The SMILES string of the molecule is Cc1cc(C)c(C(N)=O)c(NCC(C)(C)N)n1. The number of hydrogen-bond donors (Lipinski definition) is 3. The summed E-state index contributed by atoms with van der Waals surface area (Å²) < 4.78 is 0. The van der Waals surface area contributed by atoms with Gasteiger partial charge < -0.3 is 16.8 Å². The average molecular weight is 236 g/mol. The van der Waals surface area contributed by atoms with Gasteiger partial charge in [-0.05, 0) is 39.3 Å². The van der Waals surface area contributed by atoms with Crippen LogP contribution in [0, 0.1) is 13.8 Å². The Kier molecular flexibility index (Phi) is 3.72. The number of carbonyl (C=O) groups is 1. The first kappa shape index (κ1) is 13.4. The van der Waals surface area contributed by atoms with E-state index >= 15 is 0 Å². The molecule has 0 aliphatic rings. The molecule has 5 N–H and O–H groups in total. The third kappa shape index (κ3) is 3.71. The zero-order valence-corrected chi connectivity index (χ0v) is 10.8. The van der Waals surface area contributed by atoms with Crippen LogP contribution in [0.5, 0.6) is 0 Å². The minimum absolute atomic E-state index is 0.381. The van der Waals surface area contributed by atoms with Crippen molar-refractivity contribution in [3.8, 4) is 0 Å². The molecule has 17 heavy (non-hydrogen) atoms. The lowest BCUT2D eigenvalue weighted by Crippen LogP contribution is -2.40. The number of nitrogens with one attached hydrogen (secondary N) is 1. The fourth-order valence-electron chi connectivity index (χ4n) is 1.59. The summed E-state index contributed by atoms with van der Waals surface area (Å²) in [5.41, 5.74) is 12.9. The molecule has 0 saturated carbocycles. The van der Waals surface area contributed by atoms with Crippen molar-refractivity contribution in [3.05, 3.63) is 22.9 Å². The number of nitrogens with zero attached hydrogens (tertiary/aromatic N) is 1. The smallest absolute Gasteiger partial charge is 0.252 e. The summed E-state index contributed by atoms with van der Waals surface area (Å²) in [5.74, 6) is 0.0286. The second-order valence-electron chi connectivity index (χ2n) is 5.01. The molecule has 0 radical (unpaired) electrons. The molecule has 0 bridgehead atoms. The summed E-state index contributed by atoms with van der Waals surface area (Å²) in [6, 6.07) is 1.83. The van der Waals surface area contributed by atoms with Crippen molar-refractivity contribution in [2.75, 3.05) is 11.9 Å². The quantitative estimate of drug-likeness (QED) is 0.725. The number of amides is 1. The molecule has 0 spiro atoms. The van der Waals surface area contributed by atoms with Gasteiger partial charge in [-0.1, -0.05) is 0 Å². The third-order valence-electron chi connectivity index (χ3n) is 2.30. The summed E-state index contributed by atoms with van der Waals surface area (Å²) >= 11 is 0. The lowest BCUT2D eigenvalue weighted by atomic mass is 10.1. The van der Waals surface area contributed by atoms with E-state index in [2.05, 4.69) is 10.3 Å². The Morgan fingerprint density at radius 1 is 1.47 bits per heavy atom. The highest BCUT2D eigenvalue weighted by molar-refractivity contribution is 5.99. The second kappa shape index (κ2) is 4.71. The Labute approximate surface area is 102 Å². The van der Waals surface area contributed by atoms with Crippen LogP contribution >= 0.6 is 0 Å². The molecule has 0 unspecified atom stereocenters. The van der Waals surface area contributed by atoms with Crippen LogP contribution in [0.2, 0.25) is 0 Å². The maximum atomic E-state index is 11.4. The van der Waals surface area contributed by atoms with E-state index in [0.29, 0.717) is 17.9 Å². The topological polar surface area (TPSA) is 94.0 Å². The number of nitrogens with two attached hydrogens (primary N) is 2. The first-order chi connectivity index (χ1) is 7.70. The Morgan fingerprint density at radius 2 is 2.06 bits per heavy atom. The van der Waals surface area contributed by atoms with Gasteiger partial charge in [-0.15, -0.1) is 0 Å². The van der Waals surface area contributed by atoms with Crippen molar-refractivity contribution in [1.29, 1.82) is 0 Å². The maximum Gasteiger partial charge on any atom is 0.252 e. The van der Waals surface area contributed by atoms with Crippen LogP contribution in [0.4, 0.5) is 5.82 Å². The van der Waals surface area contributed by atoms with E-state index in [9.17, 15) is 4.79 Å². The van der Waals surface area contributed by atoms with Gasteiger partial charge in [-0.25, -0.2) is 4.98 Å². The fraction of sp³-hybridized carbons (Fsp3) is 0.500. The number of rotatable bonds is 4. The summed E-state index contributed by atoms with van der Waals surface area (Å²) in [5, 5.41) is 3.08. The highest BCUT2D eigenvalue weighted by atomic mass is 16.1. The van der Waals surface area contributed by atoms with E-state index in [4.69, 9.17) is 11.5 Å². The molecule has 1 amide bonds. The summed E-state index contributed by atoms with van der Waals surface area (Å²) in [6.45, 7) is 8.02.